The van der Waals surface area contributed by atoms with Gasteiger partial charge in [0.15, 0.2) is 0 Å². The van der Waals surface area contributed by atoms with Crippen LogP contribution in [0.15, 0.2) is 18.2 Å². The summed E-state index contributed by atoms with van der Waals surface area (Å²) in [5.74, 6) is 0. The molecule has 18 heavy (non-hydrogen) atoms. The maximum atomic E-state index is 10.6. The molecule has 0 amide bonds. The van der Waals surface area contributed by atoms with E-state index in [1.165, 1.54) is 19.3 Å². The highest BCUT2D eigenvalue weighted by Gasteiger charge is 2.10. The quantitative estimate of drug-likeness (QED) is 0.334. The van der Waals surface area contributed by atoms with Crippen LogP contribution >= 0.6 is 22.6 Å². The Bertz CT molecular complexity index is 410. The molecule has 0 saturated carbocycles. The van der Waals surface area contributed by atoms with Crippen LogP contribution in [0.25, 0.3) is 0 Å². The number of rotatable bonds is 7. The van der Waals surface area contributed by atoms with Crippen LogP contribution in [0.1, 0.15) is 39.5 Å². The molecule has 5 heteroatoms. The first-order valence-corrected chi connectivity index (χ1v) is 7.33. The van der Waals surface area contributed by atoms with Gasteiger partial charge in [-0.2, -0.15) is 0 Å². The summed E-state index contributed by atoms with van der Waals surface area (Å²) in [4.78, 5) is 10.3. The highest BCUT2D eigenvalue weighted by atomic mass is 127. The third-order valence-electron chi connectivity index (χ3n) is 2.81. The first kappa shape index (κ1) is 15.2. The molecule has 100 valence electrons. The van der Waals surface area contributed by atoms with Crippen LogP contribution in [0.3, 0.4) is 0 Å². The van der Waals surface area contributed by atoms with Gasteiger partial charge in [0.05, 0.1) is 4.92 Å². The Kier molecular flexibility index (Phi) is 6.38. The van der Waals surface area contributed by atoms with Gasteiger partial charge >= 0.3 is 0 Å². The van der Waals surface area contributed by atoms with Crippen molar-refractivity contribution in [1.29, 1.82) is 0 Å². The first-order valence-electron chi connectivity index (χ1n) is 6.25. The number of anilines is 1. The molecule has 4 nitrogen and oxygen atoms in total. The summed E-state index contributed by atoms with van der Waals surface area (Å²) in [5.41, 5.74) is 1.12. The second-order valence-electron chi connectivity index (χ2n) is 4.46. The summed E-state index contributed by atoms with van der Waals surface area (Å²) in [7, 11) is 0. The van der Waals surface area contributed by atoms with E-state index in [4.69, 9.17) is 0 Å². The van der Waals surface area contributed by atoms with E-state index in [0.717, 1.165) is 15.7 Å². The Balaban J connectivity index is 2.59. The van der Waals surface area contributed by atoms with Crippen LogP contribution in [0.4, 0.5) is 11.4 Å². The van der Waals surface area contributed by atoms with Crippen molar-refractivity contribution in [3.8, 4) is 0 Å². The number of unbranched alkanes of at least 4 members (excludes halogenated alkanes) is 2. The monoisotopic (exact) mass is 362 g/mol. The van der Waals surface area contributed by atoms with Crippen molar-refractivity contribution in [2.45, 2.75) is 45.6 Å². The van der Waals surface area contributed by atoms with E-state index in [0.29, 0.717) is 6.04 Å². The highest BCUT2D eigenvalue weighted by molar-refractivity contribution is 14.1. The van der Waals surface area contributed by atoms with E-state index in [9.17, 15) is 10.1 Å². The van der Waals surface area contributed by atoms with E-state index in [-0.39, 0.29) is 10.6 Å². The van der Waals surface area contributed by atoms with Gasteiger partial charge in [0, 0.05) is 27.4 Å². The predicted molar refractivity (Wildman–Crippen MR) is 83.0 cm³/mol. The van der Waals surface area contributed by atoms with Crippen molar-refractivity contribution < 1.29 is 4.92 Å². The van der Waals surface area contributed by atoms with Crippen LogP contribution in [-0.2, 0) is 0 Å². The third kappa shape index (κ3) is 4.80. The van der Waals surface area contributed by atoms with Gasteiger partial charge in [0.1, 0.15) is 0 Å². The van der Waals surface area contributed by atoms with E-state index in [1.54, 1.807) is 18.2 Å². The number of benzene rings is 1. The maximum Gasteiger partial charge on any atom is 0.270 e. The molecule has 0 saturated heterocycles. The first-order chi connectivity index (χ1) is 8.54. The molecule has 0 aliphatic carbocycles. The Morgan fingerprint density at radius 1 is 1.44 bits per heavy atom. The zero-order chi connectivity index (χ0) is 13.5. The second-order valence-corrected chi connectivity index (χ2v) is 5.62. The number of halogens is 1. The normalized spacial score (nSPS) is 12.2. The largest absolute Gasteiger partial charge is 0.382 e. The third-order valence-corrected chi connectivity index (χ3v) is 3.70. The van der Waals surface area contributed by atoms with Gasteiger partial charge in [-0.3, -0.25) is 10.1 Å². The minimum absolute atomic E-state index is 0.142. The molecule has 0 aliphatic rings. The number of nitro groups is 1. The van der Waals surface area contributed by atoms with Gasteiger partial charge in [-0.05, 0) is 42.0 Å². The summed E-state index contributed by atoms with van der Waals surface area (Å²) in [5, 5.41) is 14.0. The molecule has 0 aliphatic heterocycles. The number of non-ortho nitro benzene ring substituents is 1. The molecule has 1 atom stereocenters. The predicted octanol–water partition coefficient (Wildman–Crippen LogP) is 4.58. The van der Waals surface area contributed by atoms with E-state index in [2.05, 4.69) is 41.8 Å². The SMILES string of the molecule is CCCCCC(C)Nc1ccc([N+](=O)[O-])cc1I. The lowest BCUT2D eigenvalue weighted by atomic mass is 10.1. The fourth-order valence-corrected chi connectivity index (χ4v) is 2.43. The summed E-state index contributed by atoms with van der Waals surface area (Å²) >= 11 is 2.13. The van der Waals surface area contributed by atoms with Crippen LogP contribution < -0.4 is 5.32 Å². The Morgan fingerprint density at radius 2 is 2.17 bits per heavy atom. The lowest BCUT2D eigenvalue weighted by molar-refractivity contribution is -0.384. The number of nitrogens with one attached hydrogen (secondary N) is 1. The van der Waals surface area contributed by atoms with Gasteiger partial charge in [0.2, 0.25) is 0 Å². The van der Waals surface area contributed by atoms with Gasteiger partial charge in [-0.15, -0.1) is 0 Å². The topological polar surface area (TPSA) is 55.2 Å². The minimum Gasteiger partial charge on any atom is -0.382 e. The summed E-state index contributed by atoms with van der Waals surface area (Å²) in [6, 6.07) is 5.33. The van der Waals surface area contributed by atoms with Crippen molar-refractivity contribution >= 4 is 34.0 Å². The van der Waals surface area contributed by atoms with Crippen molar-refractivity contribution in [3.63, 3.8) is 0 Å². The summed E-state index contributed by atoms with van der Waals surface area (Å²) in [6.45, 7) is 4.34. The molecule has 0 bridgehead atoms. The van der Waals surface area contributed by atoms with Crippen molar-refractivity contribution in [2.75, 3.05) is 5.32 Å². The lowest BCUT2D eigenvalue weighted by Gasteiger charge is -2.16. The molecule has 1 rings (SSSR count). The molecular formula is C13H19IN2O2. The Labute approximate surface area is 121 Å². The molecule has 0 spiro atoms. The summed E-state index contributed by atoms with van der Waals surface area (Å²) < 4.78 is 0.893. The van der Waals surface area contributed by atoms with E-state index in [1.807, 2.05) is 0 Å². The van der Waals surface area contributed by atoms with Gasteiger partial charge in [0.25, 0.3) is 5.69 Å². The zero-order valence-electron chi connectivity index (χ0n) is 10.8. The van der Waals surface area contributed by atoms with Gasteiger partial charge in [-0.25, -0.2) is 0 Å². The number of nitrogens with zero attached hydrogens (tertiary/aromatic N) is 1. The lowest BCUT2D eigenvalue weighted by Crippen LogP contribution is -2.15. The molecule has 1 aromatic rings. The number of hydrogen-bond acceptors (Lipinski definition) is 3. The zero-order valence-corrected chi connectivity index (χ0v) is 12.9. The minimum atomic E-state index is -0.364. The highest BCUT2D eigenvalue weighted by Crippen LogP contribution is 2.24. The smallest absolute Gasteiger partial charge is 0.270 e. The summed E-state index contributed by atoms with van der Waals surface area (Å²) in [6.07, 6.45) is 4.82. The van der Waals surface area contributed by atoms with E-state index >= 15 is 0 Å². The second kappa shape index (κ2) is 7.56. The number of hydrogen-bond donors (Lipinski definition) is 1. The molecular weight excluding hydrogens is 343 g/mol. The van der Waals surface area contributed by atoms with Crippen molar-refractivity contribution in [1.82, 2.24) is 0 Å². The fourth-order valence-electron chi connectivity index (χ4n) is 1.77. The molecule has 0 heterocycles. The van der Waals surface area contributed by atoms with Crippen LogP contribution in [0, 0.1) is 13.7 Å². The average molecular weight is 362 g/mol. The van der Waals surface area contributed by atoms with Crippen LogP contribution in [-0.4, -0.2) is 11.0 Å². The average Bonchev–Trinajstić information content (AvgIpc) is 2.32. The molecule has 1 unspecified atom stereocenters. The maximum absolute atomic E-state index is 10.6. The standard InChI is InChI=1S/C13H19IN2O2/c1-3-4-5-6-10(2)15-13-8-7-11(16(17)18)9-12(13)14/h7-10,15H,3-6H2,1-2H3. The van der Waals surface area contributed by atoms with Crippen LogP contribution in [0.5, 0.6) is 0 Å². The Hall–Kier alpha value is -0.850. The van der Waals surface area contributed by atoms with Gasteiger partial charge < -0.3 is 5.32 Å². The molecule has 1 aromatic carbocycles. The Morgan fingerprint density at radius 3 is 2.72 bits per heavy atom. The van der Waals surface area contributed by atoms with Gasteiger partial charge in [-0.1, -0.05) is 26.2 Å². The van der Waals surface area contributed by atoms with E-state index < -0.39 is 0 Å². The van der Waals surface area contributed by atoms with Crippen molar-refractivity contribution in [2.24, 2.45) is 0 Å². The molecule has 0 radical (unpaired) electrons. The van der Waals surface area contributed by atoms with Crippen molar-refractivity contribution in [3.05, 3.63) is 31.9 Å². The molecule has 1 N–H and O–H groups in total. The van der Waals surface area contributed by atoms with Crippen LogP contribution in [0.2, 0.25) is 0 Å². The number of nitro benzene ring substituents is 1. The fraction of sp³-hybridized carbons (Fsp3) is 0.538. The molecule has 0 fully saturated rings. The molecule has 0 aromatic heterocycles.